The quantitative estimate of drug-likeness (QED) is 0.806. The number of nitrogens with zero attached hydrogens (tertiary/aromatic N) is 3. The summed E-state index contributed by atoms with van der Waals surface area (Å²) in [5.41, 5.74) is 3.20. The standard InChI is InChI=1S/C15H19N3/c1-18(2)11-5-6-14-9-8-13(12-17-14)15-7-3-4-10-16-15/h3-4,7-10,12H,5-6,11H2,1-2H3. The predicted molar refractivity (Wildman–Crippen MR) is 74.3 cm³/mol. The maximum absolute atomic E-state index is 4.49. The van der Waals surface area contributed by atoms with Crippen molar-refractivity contribution in [2.75, 3.05) is 20.6 Å². The van der Waals surface area contributed by atoms with Crippen LogP contribution in [0.1, 0.15) is 12.1 Å². The van der Waals surface area contributed by atoms with Crippen LogP contribution >= 0.6 is 0 Å². The molecular weight excluding hydrogens is 222 g/mol. The Morgan fingerprint density at radius 1 is 1.06 bits per heavy atom. The van der Waals surface area contributed by atoms with Crippen LogP contribution in [-0.4, -0.2) is 35.5 Å². The fourth-order valence-electron chi connectivity index (χ4n) is 1.83. The highest BCUT2D eigenvalue weighted by Crippen LogP contribution is 2.15. The van der Waals surface area contributed by atoms with Gasteiger partial charge in [-0.2, -0.15) is 0 Å². The summed E-state index contributed by atoms with van der Waals surface area (Å²) in [6.45, 7) is 1.10. The molecule has 3 heteroatoms. The number of hydrogen-bond donors (Lipinski definition) is 0. The zero-order chi connectivity index (χ0) is 12.8. The summed E-state index contributed by atoms with van der Waals surface area (Å²) in [4.78, 5) is 11.0. The third-order valence-corrected chi connectivity index (χ3v) is 2.82. The van der Waals surface area contributed by atoms with Crippen molar-refractivity contribution in [2.45, 2.75) is 12.8 Å². The van der Waals surface area contributed by atoms with E-state index in [1.807, 2.05) is 24.4 Å². The minimum atomic E-state index is 0.977. The minimum Gasteiger partial charge on any atom is -0.309 e. The molecule has 0 bridgehead atoms. The Balaban J connectivity index is 1.98. The molecule has 2 aromatic rings. The second-order valence-electron chi connectivity index (χ2n) is 4.66. The van der Waals surface area contributed by atoms with Crippen LogP contribution in [0.3, 0.4) is 0 Å². The molecule has 0 aromatic carbocycles. The van der Waals surface area contributed by atoms with Crippen molar-refractivity contribution in [1.29, 1.82) is 0 Å². The first kappa shape index (κ1) is 12.7. The first-order valence-corrected chi connectivity index (χ1v) is 6.27. The molecule has 2 aromatic heterocycles. The van der Waals surface area contributed by atoms with Gasteiger partial charge in [-0.25, -0.2) is 0 Å². The lowest BCUT2D eigenvalue weighted by Gasteiger charge is -2.08. The van der Waals surface area contributed by atoms with Crippen molar-refractivity contribution in [3.63, 3.8) is 0 Å². The Morgan fingerprint density at radius 3 is 2.56 bits per heavy atom. The van der Waals surface area contributed by atoms with Gasteiger partial charge in [-0.15, -0.1) is 0 Å². The van der Waals surface area contributed by atoms with E-state index in [2.05, 4.69) is 41.1 Å². The van der Waals surface area contributed by atoms with E-state index in [9.17, 15) is 0 Å². The molecule has 0 fully saturated rings. The van der Waals surface area contributed by atoms with Gasteiger partial charge in [-0.1, -0.05) is 6.07 Å². The molecule has 0 saturated heterocycles. The van der Waals surface area contributed by atoms with Crippen molar-refractivity contribution < 1.29 is 0 Å². The molecule has 2 rings (SSSR count). The fraction of sp³-hybridized carbons (Fsp3) is 0.333. The molecule has 0 amide bonds. The van der Waals surface area contributed by atoms with Crippen LogP contribution in [0.25, 0.3) is 11.3 Å². The third kappa shape index (κ3) is 3.64. The summed E-state index contributed by atoms with van der Waals surface area (Å²) in [5.74, 6) is 0. The van der Waals surface area contributed by atoms with Crippen LogP contribution in [0.2, 0.25) is 0 Å². The summed E-state index contributed by atoms with van der Waals surface area (Å²) in [5, 5.41) is 0. The Hall–Kier alpha value is -1.74. The fourth-order valence-corrected chi connectivity index (χ4v) is 1.83. The smallest absolute Gasteiger partial charge is 0.0717 e. The van der Waals surface area contributed by atoms with E-state index in [0.29, 0.717) is 0 Å². The number of pyridine rings is 2. The summed E-state index contributed by atoms with van der Waals surface area (Å²) in [7, 11) is 4.19. The topological polar surface area (TPSA) is 29.0 Å². The van der Waals surface area contributed by atoms with Gasteiger partial charge >= 0.3 is 0 Å². The molecule has 94 valence electrons. The van der Waals surface area contributed by atoms with Gasteiger partial charge < -0.3 is 4.90 Å². The van der Waals surface area contributed by atoms with Gasteiger partial charge in [0, 0.05) is 23.7 Å². The van der Waals surface area contributed by atoms with Crippen molar-refractivity contribution in [3.8, 4) is 11.3 Å². The number of aromatic nitrogens is 2. The SMILES string of the molecule is CN(C)CCCc1ccc(-c2ccccn2)cn1. The molecule has 18 heavy (non-hydrogen) atoms. The lowest BCUT2D eigenvalue weighted by molar-refractivity contribution is 0.399. The van der Waals surface area contributed by atoms with Crippen LogP contribution in [-0.2, 0) is 6.42 Å². The minimum absolute atomic E-state index is 0.977. The maximum atomic E-state index is 4.49. The predicted octanol–water partition coefficient (Wildman–Crippen LogP) is 2.64. The lowest BCUT2D eigenvalue weighted by Crippen LogP contribution is -2.13. The van der Waals surface area contributed by atoms with Crippen LogP contribution in [0.5, 0.6) is 0 Å². The Morgan fingerprint density at radius 2 is 1.94 bits per heavy atom. The molecule has 0 atom stereocenters. The third-order valence-electron chi connectivity index (χ3n) is 2.82. The van der Waals surface area contributed by atoms with E-state index >= 15 is 0 Å². The molecule has 0 spiro atoms. The summed E-state index contributed by atoms with van der Waals surface area (Å²) in [6, 6.07) is 10.1. The van der Waals surface area contributed by atoms with Gasteiger partial charge in [0.1, 0.15) is 0 Å². The van der Waals surface area contributed by atoms with Crippen molar-refractivity contribution in [3.05, 3.63) is 48.4 Å². The highest BCUT2D eigenvalue weighted by atomic mass is 15.0. The highest BCUT2D eigenvalue weighted by Gasteiger charge is 2.00. The second kappa shape index (κ2) is 6.26. The molecule has 0 aliphatic rings. The normalized spacial score (nSPS) is 10.8. The number of rotatable bonds is 5. The zero-order valence-corrected chi connectivity index (χ0v) is 11.0. The Labute approximate surface area is 109 Å². The Bertz CT molecular complexity index is 463. The summed E-state index contributed by atoms with van der Waals surface area (Å²) in [6.07, 6.45) is 5.89. The van der Waals surface area contributed by atoms with E-state index in [-0.39, 0.29) is 0 Å². The van der Waals surface area contributed by atoms with Gasteiger partial charge in [0.15, 0.2) is 0 Å². The molecule has 0 aliphatic heterocycles. The number of hydrogen-bond acceptors (Lipinski definition) is 3. The van der Waals surface area contributed by atoms with Gasteiger partial charge in [0.2, 0.25) is 0 Å². The molecule has 0 saturated carbocycles. The van der Waals surface area contributed by atoms with Crippen molar-refractivity contribution in [2.24, 2.45) is 0 Å². The monoisotopic (exact) mass is 241 g/mol. The molecule has 0 unspecified atom stereocenters. The van der Waals surface area contributed by atoms with E-state index in [1.165, 1.54) is 0 Å². The largest absolute Gasteiger partial charge is 0.309 e. The van der Waals surface area contributed by atoms with Crippen LogP contribution < -0.4 is 0 Å². The molecule has 0 aliphatic carbocycles. The molecular formula is C15H19N3. The average Bonchev–Trinajstić information content (AvgIpc) is 2.40. The average molecular weight is 241 g/mol. The van der Waals surface area contributed by atoms with Gasteiger partial charge in [0.05, 0.1) is 5.69 Å². The summed E-state index contributed by atoms with van der Waals surface area (Å²) >= 11 is 0. The van der Waals surface area contributed by atoms with Crippen molar-refractivity contribution >= 4 is 0 Å². The summed E-state index contributed by atoms with van der Waals surface area (Å²) < 4.78 is 0. The first-order valence-electron chi connectivity index (χ1n) is 6.27. The maximum Gasteiger partial charge on any atom is 0.0717 e. The lowest BCUT2D eigenvalue weighted by atomic mass is 10.1. The van der Waals surface area contributed by atoms with Crippen LogP contribution in [0.4, 0.5) is 0 Å². The van der Waals surface area contributed by atoms with Crippen LogP contribution in [0, 0.1) is 0 Å². The molecule has 3 nitrogen and oxygen atoms in total. The highest BCUT2D eigenvalue weighted by molar-refractivity contribution is 5.57. The zero-order valence-electron chi connectivity index (χ0n) is 11.0. The van der Waals surface area contributed by atoms with E-state index in [0.717, 1.165) is 36.3 Å². The van der Waals surface area contributed by atoms with Crippen LogP contribution in [0.15, 0.2) is 42.7 Å². The second-order valence-corrected chi connectivity index (χ2v) is 4.66. The van der Waals surface area contributed by atoms with Gasteiger partial charge in [-0.05, 0) is 57.7 Å². The molecule has 0 radical (unpaired) electrons. The van der Waals surface area contributed by atoms with E-state index in [1.54, 1.807) is 6.20 Å². The van der Waals surface area contributed by atoms with E-state index < -0.39 is 0 Å². The van der Waals surface area contributed by atoms with Crippen molar-refractivity contribution in [1.82, 2.24) is 14.9 Å². The molecule has 0 N–H and O–H groups in total. The van der Waals surface area contributed by atoms with Gasteiger partial charge in [-0.3, -0.25) is 9.97 Å². The first-order chi connectivity index (χ1) is 8.75. The molecule has 2 heterocycles. The number of aryl methyl sites for hydroxylation is 1. The Kier molecular flexibility index (Phi) is 4.42. The van der Waals surface area contributed by atoms with E-state index in [4.69, 9.17) is 0 Å². The van der Waals surface area contributed by atoms with Gasteiger partial charge in [0.25, 0.3) is 0 Å².